The zero-order valence-corrected chi connectivity index (χ0v) is 21.5. The van der Waals surface area contributed by atoms with E-state index in [1.54, 1.807) is 6.07 Å². The molecular weight excluding hydrogens is 461 g/mol. The van der Waals surface area contributed by atoms with Gasteiger partial charge in [-0.1, -0.05) is 13.8 Å². The number of amidine groups is 1. The third-order valence-electron chi connectivity index (χ3n) is 6.61. The molecule has 2 aliphatic heterocycles. The van der Waals surface area contributed by atoms with Gasteiger partial charge in [-0.25, -0.2) is 9.37 Å². The van der Waals surface area contributed by atoms with Crippen molar-refractivity contribution in [3.8, 4) is 17.3 Å². The van der Waals surface area contributed by atoms with Crippen LogP contribution in [-0.4, -0.2) is 54.1 Å². The summed E-state index contributed by atoms with van der Waals surface area (Å²) in [5, 5.41) is 19.1. The molecular formula is C26H32FN7S. The fraction of sp³-hybridized carbons (Fsp3) is 0.423. The van der Waals surface area contributed by atoms with E-state index in [-0.39, 0.29) is 11.6 Å². The Kier molecular flexibility index (Phi) is 7.53. The predicted molar refractivity (Wildman–Crippen MR) is 141 cm³/mol. The van der Waals surface area contributed by atoms with Crippen LogP contribution >= 0.6 is 11.3 Å². The monoisotopic (exact) mass is 493 g/mol. The Morgan fingerprint density at radius 2 is 2.09 bits per heavy atom. The van der Waals surface area contributed by atoms with Crippen molar-refractivity contribution in [2.75, 3.05) is 31.6 Å². The Morgan fingerprint density at radius 1 is 1.26 bits per heavy atom. The van der Waals surface area contributed by atoms with Crippen LogP contribution in [0.5, 0.6) is 0 Å². The first kappa shape index (κ1) is 24.9. The lowest BCUT2D eigenvalue weighted by atomic mass is 9.98. The molecule has 0 amide bonds. The highest BCUT2D eigenvalue weighted by atomic mass is 32.1. The van der Waals surface area contributed by atoms with Crippen LogP contribution in [0.2, 0.25) is 0 Å². The topological polar surface area (TPSA) is 79.6 Å². The SMILES string of the molecule is CCCNCCNC1=CN2C(=NC(CC)C2(C)N(C)c2nc(-c3ccc(F)cc3C#N)cs2)C=C1. The number of fused-ring (bicyclic) bond motifs is 1. The molecule has 3 heterocycles. The molecule has 0 bridgehead atoms. The average molecular weight is 494 g/mol. The van der Waals surface area contributed by atoms with E-state index in [1.165, 1.54) is 23.5 Å². The number of likely N-dealkylation sites (N-methyl/N-ethyl adjacent to an activating group) is 1. The summed E-state index contributed by atoms with van der Waals surface area (Å²) in [4.78, 5) is 14.2. The molecule has 0 fully saturated rings. The molecule has 35 heavy (non-hydrogen) atoms. The molecule has 184 valence electrons. The van der Waals surface area contributed by atoms with Crippen molar-refractivity contribution in [3.63, 3.8) is 0 Å². The maximum atomic E-state index is 13.6. The van der Waals surface area contributed by atoms with Gasteiger partial charge in [0.25, 0.3) is 0 Å². The van der Waals surface area contributed by atoms with Gasteiger partial charge in [0.15, 0.2) is 5.13 Å². The van der Waals surface area contributed by atoms with Gasteiger partial charge in [-0.15, -0.1) is 11.3 Å². The molecule has 0 aliphatic carbocycles. The summed E-state index contributed by atoms with van der Waals surface area (Å²) in [6.07, 6.45) is 8.27. The highest BCUT2D eigenvalue weighted by Gasteiger charge is 2.49. The molecule has 7 nitrogen and oxygen atoms in total. The van der Waals surface area contributed by atoms with Crippen LogP contribution in [0.25, 0.3) is 11.3 Å². The molecule has 2 unspecified atom stereocenters. The maximum Gasteiger partial charge on any atom is 0.187 e. The summed E-state index contributed by atoms with van der Waals surface area (Å²) in [7, 11) is 2.04. The second-order valence-corrected chi connectivity index (χ2v) is 9.68. The highest BCUT2D eigenvalue weighted by Crippen LogP contribution is 2.40. The number of nitrogens with zero attached hydrogens (tertiary/aromatic N) is 5. The minimum absolute atomic E-state index is 0.0433. The summed E-state index contributed by atoms with van der Waals surface area (Å²) in [5.74, 6) is 0.505. The molecule has 2 aliphatic rings. The van der Waals surface area contributed by atoms with Crippen LogP contribution < -0.4 is 15.5 Å². The second-order valence-electron chi connectivity index (χ2n) is 8.85. The van der Waals surface area contributed by atoms with E-state index in [9.17, 15) is 9.65 Å². The van der Waals surface area contributed by atoms with Gasteiger partial charge in [0.05, 0.1) is 29.1 Å². The van der Waals surface area contributed by atoms with E-state index in [0.29, 0.717) is 11.3 Å². The van der Waals surface area contributed by atoms with Gasteiger partial charge in [0.2, 0.25) is 0 Å². The summed E-state index contributed by atoms with van der Waals surface area (Å²) in [6.45, 7) is 9.27. The third-order valence-corrected chi connectivity index (χ3v) is 7.53. The minimum Gasteiger partial charge on any atom is -0.383 e. The number of allylic oxidation sites excluding steroid dienone is 1. The third kappa shape index (κ3) is 4.81. The number of aromatic nitrogens is 1. The fourth-order valence-electron chi connectivity index (χ4n) is 4.54. The zero-order chi connectivity index (χ0) is 25.0. The predicted octanol–water partition coefficient (Wildman–Crippen LogP) is 4.47. The second kappa shape index (κ2) is 10.6. The van der Waals surface area contributed by atoms with Crippen molar-refractivity contribution < 1.29 is 4.39 Å². The molecule has 1 aromatic carbocycles. The van der Waals surface area contributed by atoms with Crippen LogP contribution in [0.3, 0.4) is 0 Å². The fourth-order valence-corrected chi connectivity index (χ4v) is 5.43. The Hall–Kier alpha value is -3.22. The number of thiazole rings is 1. The lowest BCUT2D eigenvalue weighted by molar-refractivity contribution is 0.228. The van der Waals surface area contributed by atoms with Crippen LogP contribution in [-0.2, 0) is 0 Å². The smallest absolute Gasteiger partial charge is 0.187 e. The number of benzene rings is 1. The summed E-state index contributed by atoms with van der Waals surface area (Å²) in [5.41, 5.74) is 2.16. The van der Waals surface area contributed by atoms with Gasteiger partial charge >= 0.3 is 0 Å². The highest BCUT2D eigenvalue weighted by molar-refractivity contribution is 7.14. The number of hydrogen-bond donors (Lipinski definition) is 2. The van der Waals surface area contributed by atoms with Gasteiger partial charge in [-0.2, -0.15) is 5.26 Å². The van der Waals surface area contributed by atoms with E-state index < -0.39 is 11.5 Å². The van der Waals surface area contributed by atoms with Gasteiger partial charge in [-0.05, 0) is 56.7 Å². The number of rotatable bonds is 10. The summed E-state index contributed by atoms with van der Waals surface area (Å²) in [6, 6.07) is 6.35. The van der Waals surface area contributed by atoms with Gasteiger partial charge in [0.1, 0.15) is 17.3 Å². The Bertz CT molecular complexity index is 1190. The standard InChI is InChI=1S/C26H32FN7S/c1-5-11-29-12-13-30-20-8-10-24-32-23(6-2)26(3,34(24)16-20)33(4)25-31-22(17-35-25)21-9-7-19(27)14-18(21)15-28/h7-10,14,16-17,23,29-30H,5-6,11-13H2,1-4H3. The average Bonchev–Trinajstić information content (AvgIpc) is 3.47. The number of hydrogen-bond acceptors (Lipinski definition) is 8. The first-order chi connectivity index (χ1) is 16.9. The molecule has 0 saturated heterocycles. The van der Waals surface area contributed by atoms with Crippen molar-refractivity contribution in [2.45, 2.75) is 45.3 Å². The zero-order valence-electron chi connectivity index (χ0n) is 20.7. The van der Waals surface area contributed by atoms with Crippen molar-refractivity contribution in [3.05, 3.63) is 59.0 Å². The molecule has 2 N–H and O–H groups in total. The van der Waals surface area contributed by atoms with Crippen LogP contribution in [0, 0.1) is 17.1 Å². The largest absolute Gasteiger partial charge is 0.383 e. The Morgan fingerprint density at radius 3 is 2.83 bits per heavy atom. The van der Waals surface area contributed by atoms with E-state index in [0.717, 1.165) is 49.1 Å². The summed E-state index contributed by atoms with van der Waals surface area (Å²) >= 11 is 1.51. The number of nitrogens with one attached hydrogen (secondary N) is 2. The molecule has 0 saturated carbocycles. The number of nitriles is 1. The van der Waals surface area contributed by atoms with Crippen molar-refractivity contribution in [1.29, 1.82) is 5.26 Å². The molecule has 4 rings (SSSR count). The van der Waals surface area contributed by atoms with E-state index >= 15 is 0 Å². The van der Waals surface area contributed by atoms with Gasteiger partial charge in [-0.3, -0.25) is 4.99 Å². The van der Waals surface area contributed by atoms with Crippen LogP contribution in [0.4, 0.5) is 9.52 Å². The lowest BCUT2D eigenvalue weighted by Gasteiger charge is -2.45. The summed E-state index contributed by atoms with van der Waals surface area (Å²) < 4.78 is 13.6. The molecule has 2 atom stereocenters. The minimum atomic E-state index is -0.460. The molecule has 1 aromatic heterocycles. The number of aliphatic imine (C=N–C) groups is 1. The molecule has 0 spiro atoms. The lowest BCUT2D eigenvalue weighted by Crippen LogP contribution is -2.60. The Labute approximate surface area is 210 Å². The van der Waals surface area contributed by atoms with Gasteiger partial charge < -0.3 is 20.4 Å². The van der Waals surface area contributed by atoms with Crippen LogP contribution in [0.1, 0.15) is 39.2 Å². The maximum absolute atomic E-state index is 13.6. The van der Waals surface area contributed by atoms with E-state index in [4.69, 9.17) is 9.98 Å². The quantitative estimate of drug-likeness (QED) is 0.476. The molecule has 2 aromatic rings. The number of anilines is 1. The number of halogens is 1. The normalized spacial score (nSPS) is 20.8. The van der Waals surface area contributed by atoms with Crippen molar-refractivity contribution in [1.82, 2.24) is 20.5 Å². The molecule has 0 radical (unpaired) electrons. The van der Waals surface area contributed by atoms with E-state index in [1.807, 2.05) is 12.4 Å². The van der Waals surface area contributed by atoms with Crippen molar-refractivity contribution >= 4 is 22.3 Å². The van der Waals surface area contributed by atoms with Crippen LogP contribution in [0.15, 0.2) is 52.6 Å². The first-order valence-corrected chi connectivity index (χ1v) is 12.9. The first-order valence-electron chi connectivity index (χ1n) is 12.0. The van der Waals surface area contributed by atoms with E-state index in [2.05, 4.69) is 65.6 Å². The Balaban J connectivity index is 1.58. The van der Waals surface area contributed by atoms with Crippen molar-refractivity contribution in [2.24, 2.45) is 4.99 Å². The molecule has 9 heteroatoms. The van der Waals surface area contributed by atoms with Gasteiger partial charge in [0, 0.05) is 37.3 Å².